The smallest absolute Gasteiger partial charge is 0.224 e. The van der Waals surface area contributed by atoms with E-state index in [1.807, 2.05) is 45.9 Å². The average Bonchev–Trinajstić information content (AvgIpc) is 2.23. The molecule has 0 bridgehead atoms. The second-order valence-electron chi connectivity index (χ2n) is 5.36. The molecule has 1 aromatic rings. The molecular formula is C14H22N2O. The molecule has 1 aromatic carbocycles. The molecule has 0 aliphatic rings. The molecule has 1 amide bonds. The van der Waals surface area contributed by atoms with Crippen LogP contribution >= 0.6 is 0 Å². The molecule has 0 saturated heterocycles. The molecular weight excluding hydrogens is 212 g/mol. The second-order valence-corrected chi connectivity index (χ2v) is 5.36. The van der Waals surface area contributed by atoms with E-state index in [0.717, 1.165) is 16.8 Å². The third kappa shape index (κ3) is 3.86. The molecule has 3 N–H and O–H groups in total. The minimum atomic E-state index is -0.152. The molecule has 3 nitrogen and oxygen atoms in total. The lowest BCUT2D eigenvalue weighted by Gasteiger charge is -2.22. The highest BCUT2D eigenvalue weighted by atomic mass is 16.1. The summed E-state index contributed by atoms with van der Waals surface area (Å²) in [6.07, 6.45) is 0.442. The van der Waals surface area contributed by atoms with Gasteiger partial charge in [0.05, 0.1) is 0 Å². The number of nitrogens with one attached hydrogen (secondary N) is 1. The van der Waals surface area contributed by atoms with Crippen LogP contribution in [0.1, 0.15) is 31.4 Å². The summed E-state index contributed by atoms with van der Waals surface area (Å²) >= 11 is 0. The second kappa shape index (κ2) is 5.32. The molecule has 0 unspecified atom stereocenters. The quantitative estimate of drug-likeness (QED) is 0.841. The lowest BCUT2D eigenvalue weighted by molar-refractivity contribution is -0.117. The fraction of sp³-hybridized carbons (Fsp3) is 0.500. The molecule has 0 heterocycles. The third-order valence-corrected chi connectivity index (χ3v) is 2.94. The molecule has 1 rings (SSSR count). The van der Waals surface area contributed by atoms with Crippen molar-refractivity contribution in [3.8, 4) is 0 Å². The Hall–Kier alpha value is -1.35. The van der Waals surface area contributed by atoms with E-state index in [9.17, 15) is 4.79 Å². The zero-order valence-corrected chi connectivity index (χ0v) is 11.1. The van der Waals surface area contributed by atoms with E-state index in [1.165, 1.54) is 0 Å². The number of para-hydroxylation sites is 1. The first kappa shape index (κ1) is 13.7. The van der Waals surface area contributed by atoms with Gasteiger partial charge in [0.25, 0.3) is 0 Å². The zero-order valence-electron chi connectivity index (χ0n) is 11.1. The maximum absolute atomic E-state index is 11.9. The number of anilines is 1. The first-order valence-corrected chi connectivity index (χ1v) is 5.92. The highest BCUT2D eigenvalue weighted by molar-refractivity contribution is 5.92. The topological polar surface area (TPSA) is 55.1 Å². The van der Waals surface area contributed by atoms with E-state index in [1.54, 1.807) is 0 Å². The van der Waals surface area contributed by atoms with Crippen molar-refractivity contribution in [2.75, 3.05) is 11.9 Å². The van der Waals surface area contributed by atoms with Gasteiger partial charge < -0.3 is 11.1 Å². The molecule has 3 heteroatoms. The van der Waals surface area contributed by atoms with E-state index in [0.29, 0.717) is 13.0 Å². The lowest BCUT2D eigenvalue weighted by atomic mass is 9.89. The van der Waals surface area contributed by atoms with E-state index >= 15 is 0 Å². The maximum Gasteiger partial charge on any atom is 0.224 e. The van der Waals surface area contributed by atoms with Gasteiger partial charge in [-0.1, -0.05) is 32.0 Å². The van der Waals surface area contributed by atoms with Crippen molar-refractivity contribution in [1.82, 2.24) is 0 Å². The van der Waals surface area contributed by atoms with Crippen LogP contribution in [0.25, 0.3) is 0 Å². The van der Waals surface area contributed by atoms with Crippen molar-refractivity contribution in [1.29, 1.82) is 0 Å². The van der Waals surface area contributed by atoms with Crippen molar-refractivity contribution < 1.29 is 4.79 Å². The predicted octanol–water partition coefficient (Wildman–Crippen LogP) is 2.62. The zero-order chi connectivity index (χ0) is 13.1. The highest BCUT2D eigenvalue weighted by Gasteiger charge is 2.20. The Morgan fingerprint density at radius 1 is 1.29 bits per heavy atom. The first-order chi connectivity index (χ1) is 7.85. The number of amides is 1. The highest BCUT2D eigenvalue weighted by Crippen LogP contribution is 2.23. The number of hydrogen-bond acceptors (Lipinski definition) is 2. The Morgan fingerprint density at radius 3 is 2.29 bits per heavy atom. The van der Waals surface area contributed by atoms with Crippen LogP contribution in [0.4, 0.5) is 5.69 Å². The number of benzene rings is 1. The van der Waals surface area contributed by atoms with Crippen molar-refractivity contribution in [3.05, 3.63) is 29.3 Å². The molecule has 94 valence electrons. The van der Waals surface area contributed by atoms with E-state index < -0.39 is 0 Å². The summed E-state index contributed by atoms with van der Waals surface area (Å²) in [5.74, 6) is 0.0258. The van der Waals surface area contributed by atoms with Crippen molar-refractivity contribution >= 4 is 11.6 Å². The molecule has 0 aliphatic carbocycles. The van der Waals surface area contributed by atoms with Crippen molar-refractivity contribution in [2.45, 2.75) is 34.1 Å². The normalized spacial score (nSPS) is 11.4. The monoisotopic (exact) mass is 234 g/mol. The summed E-state index contributed by atoms with van der Waals surface area (Å²) < 4.78 is 0. The molecule has 0 spiro atoms. The van der Waals surface area contributed by atoms with Gasteiger partial charge in [-0.3, -0.25) is 4.79 Å². The SMILES string of the molecule is Cc1cccc(C)c1NC(=O)CC(C)(C)CN. The molecule has 0 aromatic heterocycles. The molecule has 0 radical (unpaired) electrons. The minimum absolute atomic E-state index is 0.0258. The number of hydrogen-bond donors (Lipinski definition) is 2. The number of carbonyl (C=O) groups is 1. The fourth-order valence-corrected chi connectivity index (χ4v) is 1.70. The van der Waals surface area contributed by atoms with Crippen molar-refractivity contribution in [2.24, 2.45) is 11.1 Å². The van der Waals surface area contributed by atoms with Gasteiger partial charge in [0, 0.05) is 12.1 Å². The largest absolute Gasteiger partial charge is 0.330 e. The Balaban J connectivity index is 2.75. The lowest BCUT2D eigenvalue weighted by Crippen LogP contribution is -2.29. The standard InChI is InChI=1S/C14H22N2O/c1-10-6-5-7-11(2)13(10)16-12(17)8-14(3,4)9-15/h5-7H,8-9,15H2,1-4H3,(H,16,17). The molecule has 0 atom stereocenters. The Bertz CT molecular complexity index is 390. The van der Waals surface area contributed by atoms with Crippen LogP contribution in [0.5, 0.6) is 0 Å². The average molecular weight is 234 g/mol. The van der Waals surface area contributed by atoms with Crippen LogP contribution in [-0.2, 0) is 4.79 Å². The van der Waals surface area contributed by atoms with Crippen molar-refractivity contribution in [3.63, 3.8) is 0 Å². The maximum atomic E-state index is 11.9. The molecule has 0 aliphatic heterocycles. The molecule has 17 heavy (non-hydrogen) atoms. The van der Waals surface area contributed by atoms with Gasteiger partial charge >= 0.3 is 0 Å². The summed E-state index contributed by atoms with van der Waals surface area (Å²) in [7, 11) is 0. The number of carbonyl (C=O) groups excluding carboxylic acids is 1. The van der Waals surface area contributed by atoms with Gasteiger partial charge in [0.2, 0.25) is 5.91 Å². The Labute approximate surface area is 103 Å². The summed E-state index contributed by atoms with van der Waals surface area (Å²) in [4.78, 5) is 11.9. The summed E-state index contributed by atoms with van der Waals surface area (Å²) in [5, 5.41) is 2.97. The first-order valence-electron chi connectivity index (χ1n) is 5.92. The molecule has 0 saturated carbocycles. The van der Waals surface area contributed by atoms with Crippen LogP contribution in [-0.4, -0.2) is 12.5 Å². The van der Waals surface area contributed by atoms with E-state index in [4.69, 9.17) is 5.73 Å². The van der Waals surface area contributed by atoms with Crippen LogP contribution in [0.15, 0.2) is 18.2 Å². The fourth-order valence-electron chi connectivity index (χ4n) is 1.70. The Kier molecular flexibility index (Phi) is 4.29. The number of rotatable bonds is 4. The number of aryl methyl sites for hydroxylation is 2. The van der Waals surface area contributed by atoms with E-state index in [-0.39, 0.29) is 11.3 Å². The number of nitrogens with two attached hydrogens (primary N) is 1. The van der Waals surface area contributed by atoms with Crippen LogP contribution in [0.2, 0.25) is 0 Å². The van der Waals surface area contributed by atoms with Gasteiger partial charge in [0.15, 0.2) is 0 Å². The molecule has 0 fully saturated rings. The van der Waals surface area contributed by atoms with Crippen LogP contribution < -0.4 is 11.1 Å². The third-order valence-electron chi connectivity index (χ3n) is 2.94. The Morgan fingerprint density at radius 2 is 1.82 bits per heavy atom. The minimum Gasteiger partial charge on any atom is -0.330 e. The summed E-state index contributed by atoms with van der Waals surface area (Å²) in [5.41, 5.74) is 8.57. The van der Waals surface area contributed by atoms with Crippen LogP contribution in [0, 0.1) is 19.3 Å². The summed E-state index contributed by atoms with van der Waals surface area (Å²) in [6, 6.07) is 5.98. The van der Waals surface area contributed by atoms with Gasteiger partial charge in [0.1, 0.15) is 0 Å². The summed E-state index contributed by atoms with van der Waals surface area (Å²) in [6.45, 7) is 8.50. The van der Waals surface area contributed by atoms with Gasteiger partial charge in [-0.05, 0) is 36.9 Å². The van der Waals surface area contributed by atoms with Gasteiger partial charge in [-0.25, -0.2) is 0 Å². The van der Waals surface area contributed by atoms with Crippen LogP contribution in [0.3, 0.4) is 0 Å². The van der Waals surface area contributed by atoms with Gasteiger partial charge in [-0.15, -0.1) is 0 Å². The predicted molar refractivity (Wildman–Crippen MR) is 72.0 cm³/mol. The van der Waals surface area contributed by atoms with Gasteiger partial charge in [-0.2, -0.15) is 0 Å². The van der Waals surface area contributed by atoms with E-state index in [2.05, 4.69) is 5.32 Å².